The number of nitrogens with one attached hydrogen (secondary N) is 1. The first-order valence-corrected chi connectivity index (χ1v) is 9.47. The number of carbonyl (C=O) groups is 4. The molecule has 7 heteroatoms. The van der Waals surface area contributed by atoms with E-state index in [1.54, 1.807) is 12.1 Å². The lowest BCUT2D eigenvalue weighted by Crippen LogP contribution is -2.38. The number of allylic oxidation sites excluding steroid dienone is 2. The van der Waals surface area contributed by atoms with E-state index >= 15 is 0 Å². The first-order chi connectivity index (χ1) is 13.4. The molecule has 1 aliphatic heterocycles. The van der Waals surface area contributed by atoms with E-state index in [1.165, 1.54) is 16.8 Å². The van der Waals surface area contributed by atoms with Crippen LogP contribution in [-0.4, -0.2) is 53.6 Å². The summed E-state index contributed by atoms with van der Waals surface area (Å²) in [6.07, 6.45) is 5.04. The van der Waals surface area contributed by atoms with Crippen molar-refractivity contribution in [3.05, 3.63) is 42.0 Å². The van der Waals surface area contributed by atoms with Gasteiger partial charge in [0.05, 0.1) is 18.4 Å². The molecule has 1 heterocycles. The second-order valence-electron chi connectivity index (χ2n) is 7.40. The van der Waals surface area contributed by atoms with Gasteiger partial charge in [-0.15, -0.1) is 0 Å². The molecule has 1 saturated heterocycles. The molecule has 148 valence electrons. The number of nitrogens with zero attached hydrogens (tertiary/aromatic N) is 2. The average molecular weight is 383 g/mol. The summed E-state index contributed by atoms with van der Waals surface area (Å²) in [4.78, 5) is 51.8. The lowest BCUT2D eigenvalue weighted by molar-refractivity contribution is -0.141. The summed E-state index contributed by atoms with van der Waals surface area (Å²) < 4.78 is 0. The van der Waals surface area contributed by atoms with Crippen molar-refractivity contribution in [3.8, 4) is 0 Å². The highest BCUT2D eigenvalue weighted by Crippen LogP contribution is 2.35. The van der Waals surface area contributed by atoms with Gasteiger partial charge in [-0.2, -0.15) is 0 Å². The number of hydrogen-bond acceptors (Lipinski definition) is 4. The maximum absolute atomic E-state index is 12.4. The number of amides is 4. The lowest BCUT2D eigenvalue weighted by Gasteiger charge is -2.19. The molecule has 0 spiro atoms. The molecule has 1 aromatic carbocycles. The Morgan fingerprint density at radius 2 is 1.64 bits per heavy atom. The van der Waals surface area contributed by atoms with E-state index in [0.29, 0.717) is 18.5 Å². The Bertz CT molecular complexity index is 789. The van der Waals surface area contributed by atoms with Gasteiger partial charge in [0.2, 0.25) is 23.6 Å². The van der Waals surface area contributed by atoms with Crippen molar-refractivity contribution in [2.45, 2.75) is 26.2 Å². The number of likely N-dealkylation sites (tertiary alicyclic amines) is 1. The smallest absolute Gasteiger partial charge is 0.243 e. The van der Waals surface area contributed by atoms with E-state index in [0.717, 1.165) is 5.56 Å². The zero-order chi connectivity index (χ0) is 20.3. The van der Waals surface area contributed by atoms with Gasteiger partial charge in [-0.05, 0) is 31.9 Å². The predicted molar refractivity (Wildman–Crippen MR) is 104 cm³/mol. The molecule has 0 aromatic heterocycles. The highest BCUT2D eigenvalue weighted by atomic mass is 16.2. The third kappa shape index (κ3) is 4.30. The Kier molecular flexibility index (Phi) is 5.92. The zero-order valence-corrected chi connectivity index (χ0v) is 16.2. The molecular formula is C21H25N3O4. The van der Waals surface area contributed by atoms with Gasteiger partial charge in [-0.25, -0.2) is 0 Å². The number of imide groups is 1. The van der Waals surface area contributed by atoms with Gasteiger partial charge in [-0.1, -0.05) is 29.8 Å². The molecule has 4 amide bonds. The standard InChI is InChI=1S/C21H25N3O4/c1-14-7-9-15(10-8-14)22-18(25)13-23(2)19(26)11-12-24-20(27)16-5-3-4-6-17(16)21(24)28/h3-4,7-10,16-17H,5-6,11-13H2,1-2H3,(H,22,25)/t16-,17+. The summed E-state index contributed by atoms with van der Waals surface area (Å²) in [5, 5.41) is 2.74. The second-order valence-corrected chi connectivity index (χ2v) is 7.40. The van der Waals surface area contributed by atoms with Gasteiger partial charge in [0.15, 0.2) is 0 Å². The molecule has 7 nitrogen and oxygen atoms in total. The Hall–Kier alpha value is -2.96. The van der Waals surface area contributed by atoms with Crippen molar-refractivity contribution in [1.29, 1.82) is 0 Å². The third-order valence-corrected chi connectivity index (χ3v) is 5.29. The van der Waals surface area contributed by atoms with E-state index in [9.17, 15) is 19.2 Å². The van der Waals surface area contributed by atoms with Gasteiger partial charge in [0, 0.05) is 25.7 Å². The molecule has 1 aliphatic carbocycles. The molecule has 0 bridgehead atoms. The van der Waals surface area contributed by atoms with Crippen LogP contribution in [0.25, 0.3) is 0 Å². The summed E-state index contributed by atoms with van der Waals surface area (Å²) >= 11 is 0. The van der Waals surface area contributed by atoms with Gasteiger partial charge in [0.1, 0.15) is 0 Å². The zero-order valence-electron chi connectivity index (χ0n) is 16.2. The number of rotatable bonds is 6. The molecule has 1 fully saturated rings. The van der Waals surface area contributed by atoms with Crippen molar-refractivity contribution in [1.82, 2.24) is 9.80 Å². The topological polar surface area (TPSA) is 86.8 Å². The summed E-state index contributed by atoms with van der Waals surface area (Å²) in [7, 11) is 1.54. The van der Waals surface area contributed by atoms with Gasteiger partial charge in [0.25, 0.3) is 0 Å². The first kappa shape index (κ1) is 19.8. The van der Waals surface area contributed by atoms with Crippen LogP contribution in [0.15, 0.2) is 36.4 Å². The molecule has 28 heavy (non-hydrogen) atoms. The number of carbonyl (C=O) groups excluding carboxylic acids is 4. The number of anilines is 1. The number of likely N-dealkylation sites (N-methyl/N-ethyl adjacent to an activating group) is 1. The SMILES string of the molecule is Cc1ccc(NC(=O)CN(C)C(=O)CCN2C(=O)[C@H]3CC=CC[C@H]3C2=O)cc1. The molecular weight excluding hydrogens is 358 g/mol. The Morgan fingerprint density at radius 3 is 2.21 bits per heavy atom. The number of aryl methyl sites for hydroxylation is 1. The Labute approximate surface area is 164 Å². The quantitative estimate of drug-likeness (QED) is 0.599. The summed E-state index contributed by atoms with van der Waals surface area (Å²) in [5.41, 5.74) is 1.76. The van der Waals surface area contributed by atoms with Crippen LogP contribution < -0.4 is 5.32 Å². The molecule has 2 atom stereocenters. The van der Waals surface area contributed by atoms with Crippen LogP contribution in [0.3, 0.4) is 0 Å². The number of benzene rings is 1. The minimum absolute atomic E-state index is 0.0126. The predicted octanol–water partition coefficient (Wildman–Crippen LogP) is 1.73. The van der Waals surface area contributed by atoms with Gasteiger partial charge >= 0.3 is 0 Å². The maximum Gasteiger partial charge on any atom is 0.243 e. The third-order valence-electron chi connectivity index (χ3n) is 5.29. The fourth-order valence-electron chi connectivity index (χ4n) is 3.63. The highest BCUT2D eigenvalue weighted by Gasteiger charge is 2.46. The van der Waals surface area contributed by atoms with Crippen molar-refractivity contribution in [3.63, 3.8) is 0 Å². The maximum atomic E-state index is 12.4. The van der Waals surface area contributed by atoms with Crippen LogP contribution in [0.4, 0.5) is 5.69 Å². The second kappa shape index (κ2) is 8.37. The Morgan fingerprint density at radius 1 is 1.07 bits per heavy atom. The van der Waals surface area contributed by atoms with E-state index in [1.807, 2.05) is 31.2 Å². The molecule has 0 unspecified atom stereocenters. The fraction of sp³-hybridized carbons (Fsp3) is 0.429. The van der Waals surface area contributed by atoms with Crippen molar-refractivity contribution < 1.29 is 19.2 Å². The summed E-state index contributed by atoms with van der Waals surface area (Å²) in [5.74, 6) is -1.53. The van der Waals surface area contributed by atoms with Crippen LogP contribution in [-0.2, 0) is 19.2 Å². The monoisotopic (exact) mass is 383 g/mol. The molecule has 0 saturated carbocycles. The van der Waals surface area contributed by atoms with Crippen LogP contribution in [0.2, 0.25) is 0 Å². The summed E-state index contributed by atoms with van der Waals surface area (Å²) in [6.45, 7) is 1.93. The fourth-order valence-corrected chi connectivity index (χ4v) is 3.63. The molecule has 0 radical (unpaired) electrons. The normalized spacial score (nSPS) is 20.9. The molecule has 3 rings (SSSR count). The van der Waals surface area contributed by atoms with Crippen LogP contribution in [0.5, 0.6) is 0 Å². The van der Waals surface area contributed by atoms with Crippen LogP contribution in [0.1, 0.15) is 24.8 Å². The molecule has 1 N–H and O–H groups in total. The van der Waals surface area contributed by atoms with Crippen molar-refractivity contribution in [2.24, 2.45) is 11.8 Å². The van der Waals surface area contributed by atoms with E-state index in [-0.39, 0.29) is 55.0 Å². The number of hydrogen-bond donors (Lipinski definition) is 1. The van der Waals surface area contributed by atoms with Crippen LogP contribution in [0, 0.1) is 18.8 Å². The van der Waals surface area contributed by atoms with Crippen molar-refractivity contribution >= 4 is 29.3 Å². The van der Waals surface area contributed by atoms with E-state index in [2.05, 4.69) is 5.32 Å². The van der Waals surface area contributed by atoms with Crippen LogP contribution >= 0.6 is 0 Å². The average Bonchev–Trinajstić information content (AvgIpc) is 2.92. The minimum atomic E-state index is -0.301. The van der Waals surface area contributed by atoms with E-state index in [4.69, 9.17) is 0 Å². The van der Waals surface area contributed by atoms with E-state index < -0.39 is 0 Å². The number of fused-ring (bicyclic) bond motifs is 1. The lowest BCUT2D eigenvalue weighted by atomic mass is 9.85. The summed E-state index contributed by atoms with van der Waals surface area (Å²) in [6, 6.07) is 7.38. The molecule has 2 aliphatic rings. The largest absolute Gasteiger partial charge is 0.336 e. The first-order valence-electron chi connectivity index (χ1n) is 9.47. The van der Waals surface area contributed by atoms with Gasteiger partial charge in [-0.3, -0.25) is 24.1 Å². The minimum Gasteiger partial charge on any atom is -0.336 e. The highest BCUT2D eigenvalue weighted by molar-refractivity contribution is 6.05. The van der Waals surface area contributed by atoms with Gasteiger partial charge < -0.3 is 10.2 Å². The Balaban J connectivity index is 1.48. The van der Waals surface area contributed by atoms with Crippen molar-refractivity contribution in [2.75, 3.05) is 25.5 Å². The molecule has 1 aromatic rings.